The maximum absolute atomic E-state index is 14.0. The fourth-order valence-corrected chi connectivity index (χ4v) is 3.36. The van der Waals surface area contributed by atoms with Gasteiger partial charge in [0.15, 0.2) is 0 Å². The molecular formula is C23H20FN3O2. The number of carbonyl (C=O) groups is 2. The van der Waals surface area contributed by atoms with Crippen molar-refractivity contribution in [3.05, 3.63) is 84.7 Å². The van der Waals surface area contributed by atoms with Gasteiger partial charge in [-0.05, 0) is 48.5 Å². The lowest BCUT2D eigenvalue weighted by Gasteiger charge is -2.17. The van der Waals surface area contributed by atoms with E-state index in [1.54, 1.807) is 30.3 Å². The molecule has 1 aliphatic rings. The second kappa shape index (κ2) is 8.14. The quantitative estimate of drug-likeness (QED) is 0.672. The van der Waals surface area contributed by atoms with Crippen LogP contribution in [-0.2, 0) is 9.59 Å². The van der Waals surface area contributed by atoms with E-state index in [9.17, 15) is 14.0 Å². The van der Waals surface area contributed by atoms with Gasteiger partial charge < -0.3 is 15.5 Å². The van der Waals surface area contributed by atoms with Gasteiger partial charge >= 0.3 is 0 Å². The average molecular weight is 389 g/mol. The minimum absolute atomic E-state index is 0.0633. The van der Waals surface area contributed by atoms with Gasteiger partial charge in [0.1, 0.15) is 5.82 Å². The van der Waals surface area contributed by atoms with Gasteiger partial charge in [-0.25, -0.2) is 4.39 Å². The lowest BCUT2D eigenvalue weighted by molar-refractivity contribution is -0.122. The number of para-hydroxylation sites is 2. The number of anilines is 4. The highest BCUT2D eigenvalue weighted by molar-refractivity contribution is 6.03. The van der Waals surface area contributed by atoms with E-state index in [-0.39, 0.29) is 30.5 Å². The summed E-state index contributed by atoms with van der Waals surface area (Å²) in [4.78, 5) is 26.2. The first-order valence-electron chi connectivity index (χ1n) is 9.38. The molecule has 5 nitrogen and oxygen atoms in total. The molecule has 3 aromatic rings. The fourth-order valence-electron chi connectivity index (χ4n) is 3.36. The Bertz CT molecular complexity index is 1020. The van der Waals surface area contributed by atoms with Gasteiger partial charge in [-0.2, -0.15) is 0 Å². The minimum Gasteiger partial charge on any atom is -0.356 e. The fraction of sp³-hybridized carbons (Fsp3) is 0.130. The van der Waals surface area contributed by atoms with Crippen LogP contribution < -0.4 is 15.5 Å². The van der Waals surface area contributed by atoms with E-state index >= 15 is 0 Å². The molecule has 146 valence electrons. The number of hydrogen-bond acceptors (Lipinski definition) is 3. The molecule has 0 spiro atoms. The Kier molecular flexibility index (Phi) is 5.24. The van der Waals surface area contributed by atoms with Crippen molar-refractivity contribution >= 4 is 34.6 Å². The summed E-state index contributed by atoms with van der Waals surface area (Å²) in [5, 5.41) is 6.12. The summed E-state index contributed by atoms with van der Waals surface area (Å²) in [6.07, 6.45) is 0.0633. The van der Waals surface area contributed by atoms with Crippen molar-refractivity contribution in [2.45, 2.75) is 6.42 Å². The molecule has 1 unspecified atom stereocenters. The Hall–Kier alpha value is -3.67. The minimum atomic E-state index is -0.524. The number of rotatable bonds is 5. The molecule has 0 bridgehead atoms. The molecule has 1 aliphatic heterocycles. The van der Waals surface area contributed by atoms with Crippen LogP contribution in [0.5, 0.6) is 0 Å². The molecule has 1 atom stereocenters. The van der Waals surface area contributed by atoms with Gasteiger partial charge in [-0.1, -0.05) is 30.3 Å². The van der Waals surface area contributed by atoms with Crippen LogP contribution in [-0.4, -0.2) is 18.4 Å². The van der Waals surface area contributed by atoms with E-state index < -0.39 is 11.7 Å². The Morgan fingerprint density at radius 2 is 1.48 bits per heavy atom. The van der Waals surface area contributed by atoms with Crippen LogP contribution in [0.1, 0.15) is 6.42 Å². The van der Waals surface area contributed by atoms with E-state index in [1.807, 2.05) is 42.5 Å². The second-order valence-electron chi connectivity index (χ2n) is 6.91. The van der Waals surface area contributed by atoms with Gasteiger partial charge in [-0.3, -0.25) is 9.59 Å². The van der Waals surface area contributed by atoms with Gasteiger partial charge in [0.05, 0.1) is 11.6 Å². The van der Waals surface area contributed by atoms with Gasteiger partial charge in [0.25, 0.3) is 0 Å². The first-order valence-corrected chi connectivity index (χ1v) is 9.38. The summed E-state index contributed by atoms with van der Waals surface area (Å²) in [6, 6.07) is 23.2. The Labute approximate surface area is 168 Å². The molecule has 1 fully saturated rings. The SMILES string of the molecule is O=C(Nc1ccc(Nc2ccccc2)cc1)C1CC(=O)N(c2ccccc2F)C1. The van der Waals surface area contributed by atoms with Gasteiger partial charge in [-0.15, -0.1) is 0 Å². The third-order valence-electron chi connectivity index (χ3n) is 4.85. The summed E-state index contributed by atoms with van der Waals surface area (Å²) >= 11 is 0. The Morgan fingerprint density at radius 3 is 2.21 bits per heavy atom. The zero-order valence-corrected chi connectivity index (χ0v) is 15.6. The molecule has 1 heterocycles. The molecule has 0 saturated carbocycles. The maximum atomic E-state index is 14.0. The first kappa shape index (κ1) is 18.7. The van der Waals surface area contributed by atoms with E-state index in [0.29, 0.717) is 5.69 Å². The standard InChI is InChI=1S/C23H20FN3O2/c24-20-8-4-5-9-21(20)27-15-16(14-22(27)28)23(29)26-19-12-10-18(11-13-19)25-17-6-2-1-3-7-17/h1-13,16,25H,14-15H2,(H,26,29). The lowest BCUT2D eigenvalue weighted by atomic mass is 10.1. The van der Waals surface area contributed by atoms with E-state index in [0.717, 1.165) is 11.4 Å². The van der Waals surface area contributed by atoms with Crippen molar-refractivity contribution < 1.29 is 14.0 Å². The molecule has 4 rings (SSSR count). The number of amides is 2. The number of hydrogen-bond donors (Lipinski definition) is 2. The number of benzene rings is 3. The number of nitrogens with one attached hydrogen (secondary N) is 2. The third kappa shape index (κ3) is 4.27. The smallest absolute Gasteiger partial charge is 0.229 e. The maximum Gasteiger partial charge on any atom is 0.229 e. The highest BCUT2D eigenvalue weighted by atomic mass is 19.1. The predicted molar refractivity (Wildman–Crippen MR) is 112 cm³/mol. The Balaban J connectivity index is 1.38. The molecule has 6 heteroatoms. The second-order valence-corrected chi connectivity index (χ2v) is 6.91. The molecule has 3 aromatic carbocycles. The van der Waals surface area contributed by atoms with E-state index in [2.05, 4.69) is 10.6 Å². The van der Waals surface area contributed by atoms with Crippen molar-refractivity contribution in [3.63, 3.8) is 0 Å². The zero-order valence-electron chi connectivity index (χ0n) is 15.6. The summed E-state index contributed by atoms with van der Waals surface area (Å²) in [5.41, 5.74) is 2.73. The van der Waals surface area contributed by atoms with Crippen LogP contribution >= 0.6 is 0 Å². The summed E-state index contributed by atoms with van der Waals surface area (Å²) in [5.74, 6) is -1.49. The van der Waals surface area contributed by atoms with Crippen molar-refractivity contribution in [1.29, 1.82) is 0 Å². The first-order chi connectivity index (χ1) is 14.1. The van der Waals surface area contributed by atoms with Crippen molar-refractivity contribution in [1.82, 2.24) is 0 Å². The summed E-state index contributed by atoms with van der Waals surface area (Å²) in [6.45, 7) is 0.166. The molecule has 0 aliphatic carbocycles. The van der Waals surface area contributed by atoms with Gasteiger partial charge in [0, 0.05) is 30.0 Å². The number of carbonyl (C=O) groups excluding carboxylic acids is 2. The third-order valence-corrected chi connectivity index (χ3v) is 4.85. The molecule has 29 heavy (non-hydrogen) atoms. The van der Waals surface area contributed by atoms with Crippen LogP contribution in [0.2, 0.25) is 0 Å². The van der Waals surface area contributed by atoms with Crippen molar-refractivity contribution in [3.8, 4) is 0 Å². The topological polar surface area (TPSA) is 61.4 Å². The average Bonchev–Trinajstić information content (AvgIpc) is 3.12. The Morgan fingerprint density at radius 1 is 0.862 bits per heavy atom. The monoisotopic (exact) mass is 389 g/mol. The molecule has 0 radical (unpaired) electrons. The predicted octanol–water partition coefficient (Wildman–Crippen LogP) is 4.56. The van der Waals surface area contributed by atoms with Crippen LogP contribution in [0.25, 0.3) is 0 Å². The van der Waals surface area contributed by atoms with E-state index in [1.165, 1.54) is 11.0 Å². The van der Waals surface area contributed by atoms with Crippen LogP contribution in [0, 0.1) is 11.7 Å². The molecular weight excluding hydrogens is 369 g/mol. The van der Waals surface area contributed by atoms with Gasteiger partial charge in [0.2, 0.25) is 11.8 Å². The van der Waals surface area contributed by atoms with Crippen molar-refractivity contribution in [2.24, 2.45) is 5.92 Å². The van der Waals surface area contributed by atoms with Crippen LogP contribution in [0.15, 0.2) is 78.9 Å². The molecule has 2 N–H and O–H groups in total. The zero-order chi connectivity index (χ0) is 20.2. The van der Waals surface area contributed by atoms with Crippen LogP contribution in [0.3, 0.4) is 0 Å². The highest BCUT2D eigenvalue weighted by Crippen LogP contribution is 2.28. The van der Waals surface area contributed by atoms with E-state index in [4.69, 9.17) is 0 Å². The molecule has 2 amide bonds. The van der Waals surface area contributed by atoms with Crippen LogP contribution in [0.4, 0.5) is 27.1 Å². The summed E-state index contributed by atoms with van der Waals surface area (Å²) in [7, 11) is 0. The van der Waals surface area contributed by atoms with Crippen molar-refractivity contribution in [2.75, 3.05) is 22.1 Å². The molecule has 1 saturated heterocycles. The lowest BCUT2D eigenvalue weighted by Crippen LogP contribution is -2.28. The molecule has 0 aromatic heterocycles. The number of nitrogens with zero attached hydrogens (tertiary/aromatic N) is 1. The highest BCUT2D eigenvalue weighted by Gasteiger charge is 2.36. The largest absolute Gasteiger partial charge is 0.356 e. The number of halogens is 1. The summed E-state index contributed by atoms with van der Waals surface area (Å²) < 4.78 is 14.0. The normalized spacial score (nSPS) is 16.0.